The van der Waals surface area contributed by atoms with Gasteiger partial charge in [0.25, 0.3) is 47.3 Å². The Balaban J connectivity index is 0.000000167. The lowest BCUT2D eigenvalue weighted by Gasteiger charge is -2.15. The molecule has 8 amide bonds. The van der Waals surface area contributed by atoms with E-state index in [1.165, 1.54) is 60.4 Å². The van der Waals surface area contributed by atoms with E-state index in [1.807, 2.05) is 24.3 Å². The first-order valence-corrected chi connectivity index (χ1v) is 16.9. The van der Waals surface area contributed by atoms with Gasteiger partial charge in [-0.25, -0.2) is 19.6 Å². The zero-order chi connectivity index (χ0) is 37.9. The molecule has 0 bridgehead atoms. The molecule has 54 heavy (non-hydrogen) atoms. The molecule has 0 aliphatic carbocycles. The van der Waals surface area contributed by atoms with E-state index in [-0.39, 0.29) is 47.3 Å². The summed E-state index contributed by atoms with van der Waals surface area (Å²) >= 11 is 1.49. The summed E-state index contributed by atoms with van der Waals surface area (Å²) in [6.45, 7) is 0. The normalized spacial score (nSPS) is 16.1. The second-order valence-electron chi connectivity index (χ2n) is 11.6. The Morgan fingerprint density at radius 2 is 0.500 bits per heavy atom. The summed E-state index contributed by atoms with van der Waals surface area (Å²) in [6.07, 6.45) is 9.88. The highest BCUT2D eigenvalue weighted by Gasteiger charge is 2.28. The summed E-state index contributed by atoms with van der Waals surface area (Å²) < 4.78 is 5.71. The molecule has 0 radical (unpaired) electrons. The number of imide groups is 4. The molecule has 13 nitrogen and oxygen atoms in total. The number of carbonyl (C=O) groups excluding carboxylic acids is 8. The Morgan fingerprint density at radius 1 is 0.296 bits per heavy atom. The molecule has 0 N–H and O–H groups in total. The lowest BCUT2D eigenvalue weighted by molar-refractivity contribution is -0.121. The maximum absolute atomic E-state index is 11.7. The molecule has 4 aliphatic rings. The van der Waals surface area contributed by atoms with Crippen LogP contribution in [0.4, 0.5) is 22.7 Å². The second kappa shape index (κ2) is 14.7. The summed E-state index contributed by atoms with van der Waals surface area (Å²) in [5.74, 6) is -1.92. The standard InChI is InChI=1S/C20H12N2O5.C20H12N2O4S/c2*23-17-9-10-18(24)21(17)13-1-5-15(6-2-13)27-16-7-3-14(4-8-16)22-19(25)11-12-20(22)26/h2*1-12H. The Bertz CT molecular complexity index is 1970. The molecule has 0 fully saturated rings. The number of benzene rings is 4. The van der Waals surface area contributed by atoms with Crippen LogP contribution in [0.2, 0.25) is 0 Å². The van der Waals surface area contributed by atoms with Gasteiger partial charge < -0.3 is 4.74 Å². The maximum Gasteiger partial charge on any atom is 0.258 e. The van der Waals surface area contributed by atoms with Crippen molar-refractivity contribution < 1.29 is 43.1 Å². The Labute approximate surface area is 310 Å². The average Bonchev–Trinajstić information content (AvgIpc) is 3.91. The van der Waals surface area contributed by atoms with E-state index >= 15 is 0 Å². The number of anilines is 4. The first kappa shape index (κ1) is 35.0. The van der Waals surface area contributed by atoms with Crippen molar-refractivity contribution in [2.75, 3.05) is 19.6 Å². The van der Waals surface area contributed by atoms with Crippen molar-refractivity contribution in [2.45, 2.75) is 9.79 Å². The fourth-order valence-corrected chi connectivity index (χ4v) is 6.36. The van der Waals surface area contributed by atoms with E-state index < -0.39 is 0 Å². The number of nitrogens with zero attached hydrogens (tertiary/aromatic N) is 4. The first-order valence-electron chi connectivity index (χ1n) is 16.1. The van der Waals surface area contributed by atoms with Crippen LogP contribution in [0.1, 0.15) is 0 Å². The Morgan fingerprint density at radius 3 is 0.722 bits per heavy atom. The van der Waals surface area contributed by atoms with E-state index in [0.29, 0.717) is 34.2 Å². The molecule has 0 spiro atoms. The topological polar surface area (TPSA) is 159 Å². The zero-order valence-electron chi connectivity index (χ0n) is 27.7. The van der Waals surface area contributed by atoms with Crippen molar-refractivity contribution in [2.24, 2.45) is 0 Å². The lowest BCUT2D eigenvalue weighted by atomic mass is 10.2. The molecule has 8 rings (SSSR count). The van der Waals surface area contributed by atoms with E-state index in [0.717, 1.165) is 29.4 Å². The van der Waals surface area contributed by atoms with Gasteiger partial charge in [-0.2, -0.15) is 0 Å². The van der Waals surface area contributed by atoms with Gasteiger partial charge in [-0.05, 0) is 97.1 Å². The van der Waals surface area contributed by atoms with Crippen LogP contribution < -0.4 is 24.3 Å². The van der Waals surface area contributed by atoms with Crippen LogP contribution in [0, 0.1) is 0 Å². The number of ether oxygens (including phenoxy) is 1. The minimum absolute atomic E-state index is 0.350. The van der Waals surface area contributed by atoms with Gasteiger partial charge in [0.1, 0.15) is 11.5 Å². The van der Waals surface area contributed by atoms with Gasteiger partial charge in [0.05, 0.1) is 22.7 Å². The molecule has 264 valence electrons. The van der Waals surface area contributed by atoms with Gasteiger partial charge in [-0.15, -0.1) is 0 Å². The summed E-state index contributed by atoms with van der Waals surface area (Å²) in [5, 5.41) is 0. The van der Waals surface area contributed by atoms with Crippen molar-refractivity contribution in [1.82, 2.24) is 0 Å². The van der Waals surface area contributed by atoms with E-state index in [2.05, 4.69) is 0 Å². The largest absolute Gasteiger partial charge is 0.457 e. The summed E-state index contributed by atoms with van der Waals surface area (Å²) in [5.41, 5.74) is 1.95. The van der Waals surface area contributed by atoms with Gasteiger partial charge in [0.2, 0.25) is 0 Å². The van der Waals surface area contributed by atoms with Crippen LogP contribution in [-0.4, -0.2) is 47.3 Å². The van der Waals surface area contributed by atoms with Crippen molar-refractivity contribution >= 4 is 81.8 Å². The fourth-order valence-electron chi connectivity index (χ4n) is 5.54. The third-order valence-electron chi connectivity index (χ3n) is 8.09. The van der Waals surface area contributed by atoms with E-state index in [4.69, 9.17) is 4.74 Å². The van der Waals surface area contributed by atoms with Crippen LogP contribution in [0.25, 0.3) is 0 Å². The Kier molecular flexibility index (Phi) is 9.49. The lowest BCUT2D eigenvalue weighted by Crippen LogP contribution is -2.29. The van der Waals surface area contributed by atoms with Crippen LogP contribution in [0.15, 0.2) is 155 Å². The Hall–Kier alpha value is -7.45. The summed E-state index contributed by atoms with van der Waals surface area (Å²) in [4.78, 5) is 99.7. The predicted molar refractivity (Wildman–Crippen MR) is 196 cm³/mol. The van der Waals surface area contributed by atoms with Crippen LogP contribution in [0.5, 0.6) is 11.5 Å². The minimum Gasteiger partial charge on any atom is -0.457 e. The molecule has 0 saturated heterocycles. The number of hydrogen-bond donors (Lipinski definition) is 0. The molecule has 0 aromatic heterocycles. The molecule has 0 saturated carbocycles. The first-order chi connectivity index (χ1) is 26.0. The molecule has 4 aromatic carbocycles. The quantitative estimate of drug-likeness (QED) is 0.225. The molecule has 4 aliphatic heterocycles. The number of amides is 8. The highest BCUT2D eigenvalue weighted by atomic mass is 32.2. The van der Waals surface area contributed by atoms with Gasteiger partial charge >= 0.3 is 0 Å². The fraction of sp³-hybridized carbons (Fsp3) is 0. The minimum atomic E-state index is -0.384. The summed E-state index contributed by atoms with van der Waals surface area (Å²) in [6, 6.07) is 27.2. The average molecular weight is 737 g/mol. The van der Waals surface area contributed by atoms with Gasteiger partial charge in [0.15, 0.2) is 0 Å². The zero-order valence-corrected chi connectivity index (χ0v) is 28.5. The van der Waals surface area contributed by atoms with Crippen LogP contribution in [0.3, 0.4) is 0 Å². The molecule has 0 atom stereocenters. The van der Waals surface area contributed by atoms with Gasteiger partial charge in [0, 0.05) is 58.4 Å². The summed E-state index contributed by atoms with van der Waals surface area (Å²) in [7, 11) is 0. The maximum atomic E-state index is 11.7. The van der Waals surface area contributed by atoms with Crippen molar-refractivity contribution in [3.05, 3.63) is 146 Å². The van der Waals surface area contributed by atoms with Crippen LogP contribution in [-0.2, 0) is 38.4 Å². The highest BCUT2D eigenvalue weighted by molar-refractivity contribution is 7.99. The molecule has 4 heterocycles. The third-order valence-corrected chi connectivity index (χ3v) is 9.10. The second-order valence-corrected chi connectivity index (χ2v) is 12.7. The SMILES string of the molecule is O=C1C=CC(=O)N1c1ccc(Oc2ccc(N3C(=O)C=CC3=O)cc2)cc1.O=C1C=CC(=O)N1c1ccc(Sc2ccc(N3C(=O)C=CC3=O)cc2)cc1. The molecule has 14 heteroatoms. The predicted octanol–water partition coefficient (Wildman–Crippen LogP) is 5.03. The highest BCUT2D eigenvalue weighted by Crippen LogP contribution is 2.32. The smallest absolute Gasteiger partial charge is 0.258 e. The van der Waals surface area contributed by atoms with E-state index in [9.17, 15) is 38.4 Å². The molecular weight excluding hydrogens is 713 g/mol. The number of carbonyl (C=O) groups is 8. The monoisotopic (exact) mass is 736 g/mol. The van der Waals surface area contributed by atoms with Crippen molar-refractivity contribution in [3.63, 3.8) is 0 Å². The molecular formula is C40H24N4O9S. The van der Waals surface area contributed by atoms with Crippen molar-refractivity contribution in [1.29, 1.82) is 0 Å². The van der Waals surface area contributed by atoms with Gasteiger partial charge in [-0.1, -0.05) is 11.8 Å². The van der Waals surface area contributed by atoms with Crippen LogP contribution >= 0.6 is 11.8 Å². The number of rotatable bonds is 8. The molecule has 4 aromatic rings. The van der Waals surface area contributed by atoms with Crippen molar-refractivity contribution in [3.8, 4) is 11.5 Å². The molecule has 0 unspecified atom stereocenters. The third kappa shape index (κ3) is 7.17. The van der Waals surface area contributed by atoms with E-state index in [1.54, 1.807) is 72.8 Å². The number of hydrogen-bond acceptors (Lipinski definition) is 10. The van der Waals surface area contributed by atoms with Gasteiger partial charge in [-0.3, -0.25) is 38.4 Å².